The molecule has 1 saturated heterocycles. The van der Waals surface area contributed by atoms with Crippen molar-refractivity contribution < 1.29 is 33.8 Å². The summed E-state index contributed by atoms with van der Waals surface area (Å²) in [4.78, 5) is 67.2. The lowest BCUT2D eigenvalue weighted by molar-refractivity contribution is -0.144. The first-order valence-electron chi connectivity index (χ1n) is 23.0. The number of fused-ring (bicyclic) bond motifs is 3. The minimum absolute atomic E-state index is 0.0171. The Morgan fingerprint density at radius 2 is 1.62 bits per heavy atom. The molecule has 0 spiro atoms. The molecule has 2 aliphatic heterocycles. The number of aliphatic imine (C=N–C) groups is 1. The first-order valence-corrected chi connectivity index (χ1v) is 24.7. The van der Waals surface area contributed by atoms with Crippen molar-refractivity contribution in [2.24, 2.45) is 10.4 Å². The van der Waals surface area contributed by atoms with Gasteiger partial charge in [0.05, 0.1) is 60.5 Å². The van der Waals surface area contributed by atoms with Gasteiger partial charge in [0.25, 0.3) is 0 Å². The van der Waals surface area contributed by atoms with Crippen LogP contribution in [0.5, 0.6) is 5.75 Å². The first-order chi connectivity index (χ1) is 32.9. The number of benzene rings is 3. The van der Waals surface area contributed by atoms with Crippen molar-refractivity contribution >= 4 is 52.1 Å². The van der Waals surface area contributed by atoms with Gasteiger partial charge < -0.3 is 30.1 Å². The van der Waals surface area contributed by atoms with Gasteiger partial charge in [0.1, 0.15) is 34.7 Å². The summed E-state index contributed by atoms with van der Waals surface area (Å²) in [5.74, 6) is 0.292. The highest BCUT2D eigenvalue weighted by molar-refractivity contribution is 7.15. The van der Waals surface area contributed by atoms with Crippen LogP contribution in [0.2, 0.25) is 0 Å². The fraction of sp³-hybridized carbons (Fsp3) is 0.385. The number of methoxy groups -OCH3 is 1. The molecule has 69 heavy (non-hydrogen) atoms. The standard InChI is InChI=1S/C52H58N8O7S2/c1-28-31(4)69-51-44(28)45(55-40(25-43(63)66-9)48-58-57-32(5)60(48)51)35-17-15-34(16-18-35)37-11-10-12-39(23-37)67-22-21-42(62)56-47(52(6,7)8)50(65)59-26-38(61)24-41(59)49(64)54-29(2)33-13-19-36(20-14-33)46-30(3)53-27-68-46/h10-20,23,27,29,38,40-41,47,61H,21-22,24-26H2,1-9H3,(H,54,64)(H,56,62)/t29-,38+,40-,41-,47?/m0/s1. The largest absolute Gasteiger partial charge is 0.493 e. The van der Waals surface area contributed by atoms with Gasteiger partial charge in [-0.1, -0.05) is 81.4 Å². The summed E-state index contributed by atoms with van der Waals surface area (Å²) in [6.07, 6.45) is -0.809. The molecule has 0 aliphatic carbocycles. The van der Waals surface area contributed by atoms with E-state index in [9.17, 15) is 24.3 Å². The quantitative estimate of drug-likeness (QED) is 0.0904. The molecule has 360 valence electrons. The molecule has 17 heteroatoms. The molecule has 3 amide bonds. The van der Waals surface area contributed by atoms with Crippen molar-refractivity contribution in [2.75, 3.05) is 20.3 Å². The smallest absolute Gasteiger partial charge is 0.308 e. The summed E-state index contributed by atoms with van der Waals surface area (Å²) in [7, 11) is 1.36. The number of aromatic nitrogens is 4. The van der Waals surface area contributed by atoms with Crippen LogP contribution in [-0.4, -0.2) is 97.6 Å². The third-order valence-corrected chi connectivity index (χ3v) is 15.0. The lowest BCUT2D eigenvalue weighted by Gasteiger charge is -2.35. The van der Waals surface area contributed by atoms with E-state index in [0.717, 1.165) is 65.1 Å². The van der Waals surface area contributed by atoms with E-state index in [0.29, 0.717) is 17.4 Å². The molecule has 0 bridgehead atoms. The second kappa shape index (κ2) is 20.2. The van der Waals surface area contributed by atoms with E-state index in [1.165, 1.54) is 12.0 Å². The highest BCUT2D eigenvalue weighted by atomic mass is 32.1. The summed E-state index contributed by atoms with van der Waals surface area (Å²) >= 11 is 3.22. The minimum Gasteiger partial charge on any atom is -0.493 e. The highest BCUT2D eigenvalue weighted by Crippen LogP contribution is 2.40. The van der Waals surface area contributed by atoms with Gasteiger partial charge in [-0.25, -0.2) is 4.98 Å². The number of esters is 1. The molecule has 2 aliphatic rings. The summed E-state index contributed by atoms with van der Waals surface area (Å²) in [6, 6.07) is 20.8. The summed E-state index contributed by atoms with van der Waals surface area (Å²) in [5, 5.41) is 26.4. The number of carbonyl (C=O) groups is 4. The number of aryl methyl sites for hydroxylation is 3. The maximum Gasteiger partial charge on any atom is 0.308 e. The molecule has 3 N–H and O–H groups in total. The van der Waals surface area contributed by atoms with Crippen LogP contribution in [0, 0.1) is 33.1 Å². The Morgan fingerprint density at radius 1 is 0.913 bits per heavy atom. The van der Waals surface area contributed by atoms with Gasteiger partial charge in [0, 0.05) is 29.0 Å². The Bertz CT molecular complexity index is 2910. The van der Waals surface area contributed by atoms with E-state index in [2.05, 4.69) is 39.7 Å². The van der Waals surface area contributed by atoms with Gasteiger partial charge in [0.15, 0.2) is 5.82 Å². The molecule has 5 heterocycles. The van der Waals surface area contributed by atoms with Crippen molar-refractivity contribution in [2.45, 2.75) is 105 Å². The third-order valence-electron chi connectivity index (χ3n) is 12.8. The van der Waals surface area contributed by atoms with E-state index in [1.807, 2.05) is 124 Å². The molecular formula is C52H58N8O7S2. The Balaban J connectivity index is 0.901. The Morgan fingerprint density at radius 3 is 2.30 bits per heavy atom. The number of likely N-dealkylation sites (tertiary alicyclic amines) is 1. The maximum absolute atomic E-state index is 14.3. The maximum atomic E-state index is 14.3. The van der Waals surface area contributed by atoms with Crippen LogP contribution >= 0.6 is 22.7 Å². The van der Waals surface area contributed by atoms with Gasteiger partial charge in [0.2, 0.25) is 17.7 Å². The number of thiazole rings is 1. The average molecular weight is 971 g/mol. The van der Waals surface area contributed by atoms with E-state index in [4.69, 9.17) is 14.5 Å². The van der Waals surface area contributed by atoms with Crippen LogP contribution in [0.15, 0.2) is 83.3 Å². The summed E-state index contributed by atoms with van der Waals surface area (Å²) < 4.78 is 13.1. The van der Waals surface area contributed by atoms with Crippen LogP contribution in [0.4, 0.5) is 0 Å². The number of hydrogen-bond donors (Lipinski definition) is 3. The number of aliphatic hydroxyl groups is 1. The molecule has 3 aromatic heterocycles. The number of hydrogen-bond acceptors (Lipinski definition) is 13. The van der Waals surface area contributed by atoms with Crippen LogP contribution in [0.1, 0.15) is 104 Å². The van der Waals surface area contributed by atoms with Crippen LogP contribution in [0.25, 0.3) is 26.6 Å². The first kappa shape index (κ1) is 48.9. The molecule has 15 nitrogen and oxygen atoms in total. The zero-order chi connectivity index (χ0) is 49.3. The Hall–Kier alpha value is -6.56. The van der Waals surface area contributed by atoms with Crippen molar-refractivity contribution in [3.05, 3.63) is 123 Å². The molecule has 0 radical (unpaired) electrons. The normalized spacial score (nSPS) is 17.5. The predicted molar refractivity (Wildman–Crippen MR) is 267 cm³/mol. The fourth-order valence-corrected chi connectivity index (χ4v) is 10.9. The number of rotatable bonds is 14. The number of thiophene rings is 1. The molecule has 3 aromatic carbocycles. The average Bonchev–Trinajstić information content (AvgIpc) is 4.09. The lowest BCUT2D eigenvalue weighted by atomic mass is 9.85. The van der Waals surface area contributed by atoms with Gasteiger partial charge in [-0.05, 0) is 80.0 Å². The highest BCUT2D eigenvalue weighted by Gasteiger charge is 2.45. The second-order valence-corrected chi connectivity index (χ2v) is 20.8. The van der Waals surface area contributed by atoms with E-state index >= 15 is 0 Å². The van der Waals surface area contributed by atoms with E-state index < -0.39 is 41.5 Å². The molecule has 1 unspecified atom stereocenters. The number of amides is 3. The van der Waals surface area contributed by atoms with Crippen molar-refractivity contribution in [1.82, 2.24) is 35.3 Å². The van der Waals surface area contributed by atoms with Gasteiger partial charge in [-0.3, -0.25) is 28.7 Å². The van der Waals surface area contributed by atoms with Crippen LogP contribution in [0.3, 0.4) is 0 Å². The second-order valence-electron chi connectivity index (χ2n) is 18.8. The summed E-state index contributed by atoms with van der Waals surface area (Å²) in [5.41, 5.74) is 9.57. The number of nitrogens with zero attached hydrogens (tertiary/aromatic N) is 6. The topological polar surface area (TPSA) is 190 Å². The van der Waals surface area contributed by atoms with Gasteiger partial charge >= 0.3 is 5.97 Å². The van der Waals surface area contributed by atoms with Crippen LogP contribution < -0.4 is 15.4 Å². The van der Waals surface area contributed by atoms with Gasteiger partial charge in [-0.2, -0.15) is 0 Å². The zero-order valence-electron chi connectivity index (χ0n) is 40.3. The number of ether oxygens (including phenoxy) is 2. The minimum atomic E-state index is -0.970. The molecule has 1 fully saturated rings. The lowest BCUT2D eigenvalue weighted by Crippen LogP contribution is -2.58. The number of nitrogens with one attached hydrogen (secondary N) is 2. The van der Waals surface area contributed by atoms with Crippen molar-refractivity contribution in [1.29, 1.82) is 0 Å². The predicted octanol–water partition coefficient (Wildman–Crippen LogP) is 7.95. The molecule has 6 aromatic rings. The monoisotopic (exact) mass is 970 g/mol. The van der Waals surface area contributed by atoms with Gasteiger partial charge in [-0.15, -0.1) is 32.9 Å². The molecule has 5 atom stereocenters. The SMILES string of the molecule is COC(=O)C[C@@H]1N=C(c2ccc(-c3cccc(OCCC(=O)NC(C(=O)N4C[C@H](O)C[C@H]4C(=O)N[C@@H](C)c4ccc(-c5scnc5C)cc4)C(C)(C)C)c3)cc2)c2c(sc(C)c2C)-n2c(C)nnc21. The Labute approximate surface area is 410 Å². The number of β-amino-alcohol motifs (C(OH)–C–C–N with tert-alkyl or cyclic N) is 1. The number of aliphatic hydroxyl groups excluding tert-OH is 1. The van der Waals surface area contributed by atoms with E-state index in [-0.39, 0.29) is 50.3 Å². The molecule has 8 rings (SSSR count). The molecular weight excluding hydrogens is 913 g/mol. The van der Waals surface area contributed by atoms with Crippen molar-refractivity contribution in [3.63, 3.8) is 0 Å². The third kappa shape index (κ3) is 10.4. The fourth-order valence-electron chi connectivity index (χ4n) is 8.86. The Kier molecular flexibility index (Phi) is 14.3. The number of carbonyl (C=O) groups excluding carboxylic acids is 4. The zero-order valence-corrected chi connectivity index (χ0v) is 42.0. The van der Waals surface area contributed by atoms with Crippen LogP contribution in [-0.2, 0) is 23.9 Å². The van der Waals surface area contributed by atoms with E-state index in [1.54, 1.807) is 22.7 Å². The molecule has 0 saturated carbocycles. The van der Waals surface area contributed by atoms with Crippen molar-refractivity contribution in [3.8, 4) is 32.3 Å². The summed E-state index contributed by atoms with van der Waals surface area (Å²) in [6.45, 7) is 15.5.